The van der Waals surface area contributed by atoms with Crippen LogP contribution in [0.3, 0.4) is 0 Å². The Morgan fingerprint density at radius 3 is 2.90 bits per heavy atom. The quantitative estimate of drug-likeness (QED) is 0.548. The molecule has 2 aromatic rings. The summed E-state index contributed by atoms with van der Waals surface area (Å²) >= 11 is 0. The number of pyridine rings is 1. The zero-order valence-electron chi connectivity index (χ0n) is 12.5. The van der Waals surface area contributed by atoms with Gasteiger partial charge in [-0.15, -0.1) is 0 Å². The van der Waals surface area contributed by atoms with E-state index < -0.39 is 0 Å². The molecular formula is C16H23N3O2. The molecule has 0 spiro atoms. The second-order valence-electron chi connectivity index (χ2n) is 4.84. The predicted molar refractivity (Wildman–Crippen MR) is 86.6 cm³/mol. The van der Waals surface area contributed by atoms with E-state index in [1.165, 1.54) is 0 Å². The monoisotopic (exact) mass is 289 g/mol. The second-order valence-corrected chi connectivity index (χ2v) is 4.84. The zero-order valence-corrected chi connectivity index (χ0v) is 12.5. The third-order valence-electron chi connectivity index (χ3n) is 3.29. The summed E-state index contributed by atoms with van der Waals surface area (Å²) in [7, 11) is 1.68. The van der Waals surface area contributed by atoms with Gasteiger partial charge in [-0.3, -0.25) is 4.98 Å². The van der Waals surface area contributed by atoms with Gasteiger partial charge in [0.1, 0.15) is 0 Å². The van der Waals surface area contributed by atoms with E-state index >= 15 is 0 Å². The number of methoxy groups -OCH3 is 1. The molecule has 3 N–H and O–H groups in total. The van der Waals surface area contributed by atoms with E-state index in [0.29, 0.717) is 13.2 Å². The predicted octanol–water partition coefficient (Wildman–Crippen LogP) is 2.67. The van der Waals surface area contributed by atoms with Crippen molar-refractivity contribution in [1.82, 2.24) is 4.98 Å². The van der Waals surface area contributed by atoms with Gasteiger partial charge in [0.25, 0.3) is 0 Å². The highest BCUT2D eigenvalue weighted by atomic mass is 16.5. The first kappa shape index (κ1) is 15.5. The van der Waals surface area contributed by atoms with Crippen molar-refractivity contribution in [2.45, 2.75) is 12.8 Å². The van der Waals surface area contributed by atoms with Crippen molar-refractivity contribution in [2.75, 3.05) is 44.5 Å². The summed E-state index contributed by atoms with van der Waals surface area (Å²) in [5.74, 6) is 0. The number of benzene rings is 1. The van der Waals surface area contributed by atoms with Crippen molar-refractivity contribution < 1.29 is 9.47 Å². The largest absolute Gasteiger partial charge is 0.397 e. The molecule has 1 aromatic carbocycles. The lowest BCUT2D eigenvalue weighted by Gasteiger charge is -2.11. The highest BCUT2D eigenvalue weighted by Crippen LogP contribution is 2.27. The van der Waals surface area contributed by atoms with Crippen LogP contribution in [-0.2, 0) is 9.47 Å². The van der Waals surface area contributed by atoms with Crippen molar-refractivity contribution in [3.05, 3.63) is 30.5 Å². The Kier molecular flexibility index (Phi) is 6.24. The van der Waals surface area contributed by atoms with Gasteiger partial charge in [0.2, 0.25) is 0 Å². The molecule has 1 heterocycles. The third kappa shape index (κ3) is 4.58. The van der Waals surface area contributed by atoms with Crippen LogP contribution in [0.1, 0.15) is 12.8 Å². The molecule has 0 aliphatic rings. The van der Waals surface area contributed by atoms with Crippen molar-refractivity contribution in [3.8, 4) is 0 Å². The summed E-state index contributed by atoms with van der Waals surface area (Å²) in [6, 6.07) is 7.87. The highest BCUT2D eigenvalue weighted by molar-refractivity contribution is 5.96. The van der Waals surface area contributed by atoms with E-state index in [-0.39, 0.29) is 0 Å². The fourth-order valence-corrected chi connectivity index (χ4v) is 2.13. The highest BCUT2D eigenvalue weighted by Gasteiger charge is 2.04. The third-order valence-corrected chi connectivity index (χ3v) is 3.29. The fraction of sp³-hybridized carbons (Fsp3) is 0.438. The fourth-order valence-electron chi connectivity index (χ4n) is 2.13. The van der Waals surface area contributed by atoms with Crippen molar-refractivity contribution in [2.24, 2.45) is 0 Å². The van der Waals surface area contributed by atoms with Gasteiger partial charge >= 0.3 is 0 Å². The molecule has 0 aliphatic carbocycles. The minimum Gasteiger partial charge on any atom is -0.397 e. The number of hydrogen-bond donors (Lipinski definition) is 2. The molecule has 0 atom stereocenters. The molecule has 2 rings (SSSR count). The number of ether oxygens (including phenoxy) is 2. The number of rotatable bonds is 9. The molecule has 0 saturated carbocycles. The van der Waals surface area contributed by atoms with Gasteiger partial charge in [0.15, 0.2) is 0 Å². The first-order chi connectivity index (χ1) is 10.3. The lowest BCUT2D eigenvalue weighted by molar-refractivity contribution is 0.0691. The van der Waals surface area contributed by atoms with Gasteiger partial charge in [0.05, 0.1) is 30.1 Å². The Hall–Kier alpha value is -1.85. The van der Waals surface area contributed by atoms with Crippen LogP contribution in [-0.4, -0.2) is 38.5 Å². The number of unbranched alkanes of at least 4 members (excludes halogenated alkanes) is 1. The molecule has 21 heavy (non-hydrogen) atoms. The maximum atomic E-state index is 6.17. The molecule has 114 valence electrons. The van der Waals surface area contributed by atoms with Gasteiger partial charge < -0.3 is 20.5 Å². The Bertz CT molecular complexity index is 560. The lowest BCUT2D eigenvalue weighted by Crippen LogP contribution is -2.07. The van der Waals surface area contributed by atoms with Crippen LogP contribution in [0.5, 0.6) is 0 Å². The average Bonchev–Trinajstić information content (AvgIpc) is 2.52. The molecule has 0 unspecified atom stereocenters. The van der Waals surface area contributed by atoms with Crippen molar-refractivity contribution in [3.63, 3.8) is 0 Å². The molecule has 0 saturated heterocycles. The number of hydrogen-bond acceptors (Lipinski definition) is 5. The van der Waals surface area contributed by atoms with Crippen molar-refractivity contribution in [1.29, 1.82) is 0 Å². The summed E-state index contributed by atoms with van der Waals surface area (Å²) in [5.41, 5.74) is 8.83. The normalized spacial score (nSPS) is 10.9. The van der Waals surface area contributed by atoms with Gasteiger partial charge in [-0.1, -0.05) is 0 Å². The minimum atomic E-state index is 0.653. The van der Waals surface area contributed by atoms with Crippen molar-refractivity contribution >= 4 is 22.3 Å². The standard InChI is InChI=1S/C16H23N3O2/c1-20-11-12-21-10-3-2-8-19-15-7-6-14-13(16(15)17)5-4-9-18-14/h4-7,9,19H,2-3,8,10-12,17H2,1H3. The van der Waals surface area contributed by atoms with Crippen LogP contribution in [0.2, 0.25) is 0 Å². The van der Waals surface area contributed by atoms with E-state index in [1.807, 2.05) is 24.3 Å². The summed E-state index contributed by atoms with van der Waals surface area (Å²) < 4.78 is 10.3. The molecule has 5 nitrogen and oxygen atoms in total. The van der Waals surface area contributed by atoms with Gasteiger partial charge in [-0.2, -0.15) is 0 Å². The molecule has 0 fully saturated rings. The molecule has 0 aliphatic heterocycles. The van der Waals surface area contributed by atoms with E-state index in [4.69, 9.17) is 15.2 Å². The first-order valence-electron chi connectivity index (χ1n) is 7.26. The molecule has 0 bridgehead atoms. The number of aromatic nitrogens is 1. The van der Waals surface area contributed by atoms with E-state index in [1.54, 1.807) is 13.3 Å². The summed E-state index contributed by atoms with van der Waals surface area (Å²) in [6.45, 7) is 2.96. The number of fused-ring (bicyclic) bond motifs is 1. The summed E-state index contributed by atoms with van der Waals surface area (Å²) in [5, 5.41) is 4.37. The van der Waals surface area contributed by atoms with Crippen LogP contribution in [0.15, 0.2) is 30.5 Å². The Balaban J connectivity index is 1.75. The number of nitrogens with two attached hydrogens (primary N) is 1. The maximum absolute atomic E-state index is 6.17. The van der Waals surface area contributed by atoms with Crippen LogP contribution in [0.4, 0.5) is 11.4 Å². The number of nitrogens with one attached hydrogen (secondary N) is 1. The van der Waals surface area contributed by atoms with Gasteiger partial charge in [-0.05, 0) is 37.1 Å². The minimum absolute atomic E-state index is 0.653. The van der Waals surface area contributed by atoms with Crippen LogP contribution < -0.4 is 11.1 Å². The van der Waals surface area contributed by atoms with Crippen LogP contribution in [0, 0.1) is 0 Å². The number of anilines is 2. The topological polar surface area (TPSA) is 69.4 Å². The summed E-state index contributed by atoms with van der Waals surface area (Å²) in [4.78, 5) is 4.29. The molecule has 0 radical (unpaired) electrons. The van der Waals surface area contributed by atoms with E-state index in [2.05, 4.69) is 10.3 Å². The van der Waals surface area contributed by atoms with Gasteiger partial charge in [0, 0.05) is 31.8 Å². The first-order valence-corrected chi connectivity index (χ1v) is 7.26. The SMILES string of the molecule is COCCOCCCCNc1ccc2ncccc2c1N. The summed E-state index contributed by atoms with van der Waals surface area (Å²) in [6.07, 6.45) is 3.84. The lowest BCUT2D eigenvalue weighted by atomic mass is 10.1. The molecule has 5 heteroatoms. The Labute approximate surface area is 125 Å². The van der Waals surface area contributed by atoms with Crippen LogP contribution >= 0.6 is 0 Å². The average molecular weight is 289 g/mol. The number of nitrogen functional groups attached to an aromatic ring is 1. The van der Waals surface area contributed by atoms with E-state index in [9.17, 15) is 0 Å². The smallest absolute Gasteiger partial charge is 0.0724 e. The number of nitrogens with zero attached hydrogens (tertiary/aromatic N) is 1. The molecule has 1 aromatic heterocycles. The van der Waals surface area contributed by atoms with Gasteiger partial charge in [-0.25, -0.2) is 0 Å². The zero-order chi connectivity index (χ0) is 14.9. The second kappa shape index (κ2) is 8.44. The molecular weight excluding hydrogens is 266 g/mol. The Morgan fingerprint density at radius 2 is 2.05 bits per heavy atom. The molecule has 0 amide bonds. The van der Waals surface area contributed by atoms with E-state index in [0.717, 1.165) is 48.3 Å². The Morgan fingerprint density at radius 1 is 1.14 bits per heavy atom. The van der Waals surface area contributed by atoms with Crippen LogP contribution in [0.25, 0.3) is 10.9 Å². The maximum Gasteiger partial charge on any atom is 0.0724 e.